The van der Waals surface area contributed by atoms with E-state index >= 15 is 0 Å². The number of aldehydes is 1. The van der Waals surface area contributed by atoms with E-state index in [2.05, 4.69) is 5.43 Å². The van der Waals surface area contributed by atoms with Crippen molar-refractivity contribution in [2.24, 2.45) is 5.84 Å². The van der Waals surface area contributed by atoms with Crippen LogP contribution in [0.15, 0.2) is 11.3 Å². The van der Waals surface area contributed by atoms with E-state index in [4.69, 9.17) is 5.84 Å². The number of allylic oxidation sites excluding steroid dienone is 2. The first-order valence-corrected chi connectivity index (χ1v) is 3.02. The highest BCUT2D eigenvalue weighted by Gasteiger charge is 2.11. The Morgan fingerprint density at radius 1 is 1.56 bits per heavy atom. The van der Waals surface area contributed by atoms with Crippen LogP contribution in [0.4, 0.5) is 0 Å². The molecule has 0 aliphatic heterocycles. The molecule has 0 spiro atoms. The first-order valence-electron chi connectivity index (χ1n) is 3.02. The highest BCUT2D eigenvalue weighted by molar-refractivity contribution is 5.75. The Morgan fingerprint density at radius 2 is 2.33 bits per heavy atom. The van der Waals surface area contributed by atoms with Gasteiger partial charge in [-0.25, -0.2) is 0 Å². The fraction of sp³-hybridized carbons (Fsp3) is 0.500. The second-order valence-electron chi connectivity index (χ2n) is 2.12. The van der Waals surface area contributed by atoms with Gasteiger partial charge in [0.2, 0.25) is 0 Å². The van der Waals surface area contributed by atoms with Crippen molar-refractivity contribution in [3.05, 3.63) is 11.3 Å². The molecule has 50 valence electrons. The van der Waals surface area contributed by atoms with Crippen molar-refractivity contribution >= 4 is 6.29 Å². The maximum absolute atomic E-state index is 10.2. The van der Waals surface area contributed by atoms with Gasteiger partial charge < -0.3 is 5.43 Å². The molecule has 1 aliphatic carbocycles. The van der Waals surface area contributed by atoms with Crippen LogP contribution in [0.3, 0.4) is 0 Å². The van der Waals surface area contributed by atoms with Crippen molar-refractivity contribution in [3.63, 3.8) is 0 Å². The number of rotatable bonds is 2. The highest BCUT2D eigenvalue weighted by atomic mass is 16.1. The summed E-state index contributed by atoms with van der Waals surface area (Å²) in [5, 5.41) is 0. The monoisotopic (exact) mass is 126 g/mol. The third kappa shape index (κ3) is 1.10. The second kappa shape index (κ2) is 2.64. The van der Waals surface area contributed by atoms with Crippen LogP contribution in [0, 0.1) is 0 Å². The molecular weight excluding hydrogens is 116 g/mol. The van der Waals surface area contributed by atoms with Crippen molar-refractivity contribution in [2.45, 2.75) is 19.3 Å². The zero-order valence-electron chi connectivity index (χ0n) is 5.18. The van der Waals surface area contributed by atoms with Gasteiger partial charge in [0.1, 0.15) is 6.29 Å². The highest BCUT2D eigenvalue weighted by Crippen LogP contribution is 2.20. The second-order valence-corrected chi connectivity index (χ2v) is 2.12. The standard InChI is InChI=1S/C6H10N2O/c7-8-6-3-1-2-5(6)4-9/h4,8H,1-3,7H2. The van der Waals surface area contributed by atoms with Crippen molar-refractivity contribution < 1.29 is 4.79 Å². The zero-order valence-corrected chi connectivity index (χ0v) is 5.18. The topological polar surface area (TPSA) is 55.1 Å². The van der Waals surface area contributed by atoms with Crippen LogP contribution < -0.4 is 11.3 Å². The van der Waals surface area contributed by atoms with Crippen LogP contribution >= 0.6 is 0 Å². The Bertz CT molecular complexity index is 151. The van der Waals surface area contributed by atoms with Gasteiger partial charge in [0.25, 0.3) is 0 Å². The summed E-state index contributed by atoms with van der Waals surface area (Å²) in [6.45, 7) is 0. The first kappa shape index (κ1) is 6.29. The first-order chi connectivity index (χ1) is 4.38. The fourth-order valence-electron chi connectivity index (χ4n) is 1.06. The minimum Gasteiger partial charge on any atom is -0.328 e. The van der Waals surface area contributed by atoms with Crippen molar-refractivity contribution in [3.8, 4) is 0 Å². The van der Waals surface area contributed by atoms with E-state index in [-0.39, 0.29) is 0 Å². The SMILES string of the molecule is NNC1=C(C=O)CCC1. The number of nitrogens with one attached hydrogen (secondary N) is 1. The van der Waals surface area contributed by atoms with Crippen LogP contribution in [0.25, 0.3) is 0 Å². The summed E-state index contributed by atoms with van der Waals surface area (Å²) in [5.74, 6) is 5.13. The summed E-state index contributed by atoms with van der Waals surface area (Å²) in [6.07, 6.45) is 3.73. The lowest BCUT2D eigenvalue weighted by Gasteiger charge is -1.97. The molecule has 0 saturated carbocycles. The quantitative estimate of drug-likeness (QED) is 0.313. The lowest BCUT2D eigenvalue weighted by atomic mass is 10.2. The lowest BCUT2D eigenvalue weighted by molar-refractivity contribution is -0.105. The summed E-state index contributed by atoms with van der Waals surface area (Å²) in [7, 11) is 0. The largest absolute Gasteiger partial charge is 0.328 e. The molecule has 0 radical (unpaired) electrons. The molecule has 3 heteroatoms. The Kier molecular flexibility index (Phi) is 1.85. The Morgan fingerprint density at radius 3 is 2.78 bits per heavy atom. The summed E-state index contributed by atoms with van der Waals surface area (Å²) >= 11 is 0. The van der Waals surface area contributed by atoms with Gasteiger partial charge in [-0.2, -0.15) is 0 Å². The third-order valence-electron chi connectivity index (χ3n) is 1.58. The van der Waals surface area contributed by atoms with E-state index in [1.165, 1.54) is 0 Å². The number of hydrogen-bond donors (Lipinski definition) is 2. The average molecular weight is 126 g/mol. The molecule has 0 amide bonds. The predicted octanol–water partition coefficient (Wildman–Crippen LogP) is 0.0866. The Hall–Kier alpha value is -0.830. The summed E-state index contributed by atoms with van der Waals surface area (Å²) in [6, 6.07) is 0. The van der Waals surface area contributed by atoms with E-state index in [0.717, 1.165) is 36.8 Å². The minimum atomic E-state index is 0.831. The Balaban J connectivity index is 2.69. The molecule has 0 aromatic carbocycles. The number of hydrazine groups is 1. The molecule has 0 fully saturated rings. The summed E-state index contributed by atoms with van der Waals surface area (Å²) in [5.41, 5.74) is 4.25. The molecule has 0 bridgehead atoms. The van der Waals surface area contributed by atoms with E-state index in [1.807, 2.05) is 0 Å². The van der Waals surface area contributed by atoms with Gasteiger partial charge >= 0.3 is 0 Å². The van der Waals surface area contributed by atoms with Gasteiger partial charge in [-0.05, 0) is 19.3 Å². The van der Waals surface area contributed by atoms with E-state index in [0.29, 0.717) is 0 Å². The average Bonchev–Trinajstić information content (AvgIpc) is 2.33. The molecule has 3 N–H and O–H groups in total. The van der Waals surface area contributed by atoms with Gasteiger partial charge in [0.15, 0.2) is 0 Å². The smallest absolute Gasteiger partial charge is 0.147 e. The van der Waals surface area contributed by atoms with Crippen LogP contribution in [-0.2, 0) is 4.79 Å². The molecule has 1 rings (SSSR count). The zero-order chi connectivity index (χ0) is 6.69. The number of carbonyl (C=O) groups is 1. The van der Waals surface area contributed by atoms with Crippen LogP contribution in [0.2, 0.25) is 0 Å². The van der Waals surface area contributed by atoms with Crippen LogP contribution in [0.5, 0.6) is 0 Å². The van der Waals surface area contributed by atoms with Gasteiger partial charge in [-0.3, -0.25) is 10.6 Å². The predicted molar refractivity (Wildman–Crippen MR) is 34.3 cm³/mol. The lowest BCUT2D eigenvalue weighted by Crippen LogP contribution is -2.20. The van der Waals surface area contributed by atoms with E-state index in [1.54, 1.807) is 0 Å². The molecule has 9 heavy (non-hydrogen) atoms. The molecule has 0 saturated heterocycles. The molecule has 0 aromatic rings. The molecule has 0 aromatic heterocycles. The van der Waals surface area contributed by atoms with Crippen molar-refractivity contribution in [1.29, 1.82) is 0 Å². The fourth-order valence-corrected chi connectivity index (χ4v) is 1.06. The van der Waals surface area contributed by atoms with E-state index in [9.17, 15) is 4.79 Å². The van der Waals surface area contributed by atoms with Crippen molar-refractivity contribution in [1.82, 2.24) is 5.43 Å². The molecule has 1 aliphatic rings. The van der Waals surface area contributed by atoms with Gasteiger partial charge in [0, 0.05) is 11.3 Å². The van der Waals surface area contributed by atoms with Gasteiger partial charge in [-0.15, -0.1) is 0 Å². The number of nitrogens with two attached hydrogens (primary N) is 1. The molecule has 0 heterocycles. The van der Waals surface area contributed by atoms with Crippen LogP contribution in [-0.4, -0.2) is 6.29 Å². The maximum atomic E-state index is 10.2. The van der Waals surface area contributed by atoms with Gasteiger partial charge in [0.05, 0.1) is 0 Å². The summed E-state index contributed by atoms with van der Waals surface area (Å²) < 4.78 is 0. The summed E-state index contributed by atoms with van der Waals surface area (Å²) in [4.78, 5) is 10.2. The molecule has 0 atom stereocenters. The number of hydrogen-bond acceptors (Lipinski definition) is 3. The third-order valence-corrected chi connectivity index (χ3v) is 1.58. The molecular formula is C6H10N2O. The molecule has 3 nitrogen and oxygen atoms in total. The number of carbonyl (C=O) groups excluding carboxylic acids is 1. The minimum absolute atomic E-state index is 0.831. The normalized spacial score (nSPS) is 18.3. The van der Waals surface area contributed by atoms with Crippen molar-refractivity contribution in [2.75, 3.05) is 0 Å². The molecule has 0 unspecified atom stereocenters. The van der Waals surface area contributed by atoms with Gasteiger partial charge in [-0.1, -0.05) is 0 Å². The van der Waals surface area contributed by atoms with Crippen LogP contribution in [0.1, 0.15) is 19.3 Å². The Labute approximate surface area is 53.9 Å². The van der Waals surface area contributed by atoms with E-state index < -0.39 is 0 Å². The maximum Gasteiger partial charge on any atom is 0.147 e.